The quantitative estimate of drug-likeness (QED) is 0.670. The summed E-state index contributed by atoms with van der Waals surface area (Å²) in [5, 5.41) is 2.69. The molecular formula is C8H10N4O. The molecule has 2 rings (SSSR count). The molecule has 0 aliphatic carbocycles. The minimum Gasteiger partial charge on any atom is -0.358 e. The molecule has 5 nitrogen and oxygen atoms in total. The number of anilines is 2. The van der Waals surface area contributed by atoms with Gasteiger partial charge in [-0.05, 0) is 6.92 Å². The van der Waals surface area contributed by atoms with E-state index in [1.165, 1.54) is 6.33 Å². The van der Waals surface area contributed by atoms with Crippen LogP contribution in [0.2, 0.25) is 0 Å². The van der Waals surface area contributed by atoms with Crippen LogP contribution in [0.25, 0.3) is 0 Å². The Balaban J connectivity index is 2.42. The normalized spacial score (nSPS) is 15.2. The molecule has 5 heteroatoms. The summed E-state index contributed by atoms with van der Waals surface area (Å²) in [5.74, 6) is 0.584. The van der Waals surface area contributed by atoms with Gasteiger partial charge >= 0.3 is 0 Å². The fraction of sp³-hybridized carbons (Fsp3) is 0.375. The minimum absolute atomic E-state index is 0.0203. The first-order valence-corrected chi connectivity index (χ1v) is 4.16. The van der Waals surface area contributed by atoms with E-state index in [-0.39, 0.29) is 5.91 Å². The number of hydrogen-bond acceptors (Lipinski definition) is 4. The second-order valence-corrected chi connectivity index (χ2v) is 2.82. The molecule has 0 unspecified atom stereocenters. The highest BCUT2D eigenvalue weighted by Gasteiger charge is 2.21. The molecule has 0 saturated carbocycles. The average Bonchev–Trinajstić information content (AvgIpc) is 2.16. The average molecular weight is 178 g/mol. The molecule has 0 saturated heterocycles. The maximum absolute atomic E-state index is 11.2. The summed E-state index contributed by atoms with van der Waals surface area (Å²) in [5.41, 5.74) is 0.893. The van der Waals surface area contributed by atoms with Crippen molar-refractivity contribution in [3.63, 3.8) is 0 Å². The number of amides is 1. The molecule has 0 spiro atoms. The highest BCUT2D eigenvalue weighted by atomic mass is 16.2. The number of carbonyl (C=O) groups is 1. The zero-order valence-electron chi connectivity index (χ0n) is 7.32. The number of nitrogens with zero attached hydrogens (tertiary/aromatic N) is 3. The zero-order valence-corrected chi connectivity index (χ0v) is 7.32. The lowest BCUT2D eigenvalue weighted by molar-refractivity contribution is -0.115. The van der Waals surface area contributed by atoms with Gasteiger partial charge in [-0.3, -0.25) is 4.79 Å². The molecular weight excluding hydrogens is 168 g/mol. The number of nitrogens with one attached hydrogen (secondary N) is 1. The number of carbonyl (C=O) groups excluding carboxylic acids is 1. The van der Waals surface area contributed by atoms with Gasteiger partial charge in [0.15, 0.2) is 5.82 Å². The summed E-state index contributed by atoms with van der Waals surface area (Å²) < 4.78 is 0. The molecule has 68 valence electrons. The first-order valence-electron chi connectivity index (χ1n) is 4.16. The van der Waals surface area contributed by atoms with Gasteiger partial charge in [-0.25, -0.2) is 9.97 Å². The van der Waals surface area contributed by atoms with E-state index < -0.39 is 0 Å². The Hall–Kier alpha value is -1.65. The van der Waals surface area contributed by atoms with Crippen molar-refractivity contribution in [3.05, 3.63) is 12.5 Å². The van der Waals surface area contributed by atoms with E-state index in [1.807, 2.05) is 11.8 Å². The molecule has 1 aromatic heterocycles. The Labute approximate surface area is 75.8 Å². The summed E-state index contributed by atoms with van der Waals surface area (Å²) in [6.07, 6.45) is 3.14. The molecule has 13 heavy (non-hydrogen) atoms. The second-order valence-electron chi connectivity index (χ2n) is 2.82. The number of rotatable bonds is 1. The first-order chi connectivity index (χ1) is 6.31. The standard InChI is InChI=1S/C8H10N4O/c1-2-12-4-7(13)11-8-6(12)3-9-5-10-8/h3,5H,2,4H2,1H3,(H,9,10,11,13). The van der Waals surface area contributed by atoms with Crippen molar-refractivity contribution >= 4 is 17.4 Å². The maximum atomic E-state index is 11.2. The van der Waals surface area contributed by atoms with Crippen molar-refractivity contribution in [2.75, 3.05) is 23.3 Å². The highest BCUT2D eigenvalue weighted by Crippen LogP contribution is 2.24. The summed E-state index contributed by atoms with van der Waals surface area (Å²) >= 11 is 0. The molecule has 1 aromatic rings. The van der Waals surface area contributed by atoms with Gasteiger partial charge in [0.05, 0.1) is 18.4 Å². The monoisotopic (exact) mass is 178 g/mol. The van der Waals surface area contributed by atoms with E-state index in [4.69, 9.17) is 0 Å². The Bertz CT molecular complexity index is 339. The molecule has 0 atom stereocenters. The van der Waals surface area contributed by atoms with Crippen LogP contribution in [-0.4, -0.2) is 29.0 Å². The molecule has 1 aliphatic rings. The van der Waals surface area contributed by atoms with Crippen molar-refractivity contribution in [2.24, 2.45) is 0 Å². The number of hydrogen-bond donors (Lipinski definition) is 1. The summed E-state index contributed by atoms with van der Waals surface area (Å²) in [7, 11) is 0. The first kappa shape index (κ1) is 7.97. The third-order valence-electron chi connectivity index (χ3n) is 2.01. The van der Waals surface area contributed by atoms with Crippen LogP contribution >= 0.6 is 0 Å². The third-order valence-corrected chi connectivity index (χ3v) is 2.01. The molecule has 2 heterocycles. The van der Waals surface area contributed by atoms with Crippen molar-refractivity contribution in [1.29, 1.82) is 0 Å². The van der Waals surface area contributed by atoms with Crippen LogP contribution < -0.4 is 10.2 Å². The van der Waals surface area contributed by atoms with Crippen LogP contribution in [0.15, 0.2) is 12.5 Å². The van der Waals surface area contributed by atoms with E-state index >= 15 is 0 Å². The number of aromatic nitrogens is 2. The van der Waals surface area contributed by atoms with E-state index in [0.29, 0.717) is 12.4 Å². The lowest BCUT2D eigenvalue weighted by atomic mass is 10.3. The Morgan fingerprint density at radius 1 is 1.69 bits per heavy atom. The lowest BCUT2D eigenvalue weighted by Crippen LogP contribution is -2.38. The summed E-state index contributed by atoms with van der Waals surface area (Å²) in [4.78, 5) is 21.0. The summed E-state index contributed by atoms with van der Waals surface area (Å²) in [6.45, 7) is 3.17. The highest BCUT2D eigenvalue weighted by molar-refractivity contribution is 5.99. The maximum Gasteiger partial charge on any atom is 0.245 e. The smallest absolute Gasteiger partial charge is 0.245 e. The van der Waals surface area contributed by atoms with Gasteiger partial charge in [0.1, 0.15) is 6.33 Å². The van der Waals surface area contributed by atoms with Crippen LogP contribution in [0.5, 0.6) is 0 Å². The van der Waals surface area contributed by atoms with Gasteiger partial charge < -0.3 is 10.2 Å². The van der Waals surface area contributed by atoms with Gasteiger partial charge in [-0.1, -0.05) is 0 Å². The molecule has 0 radical (unpaired) electrons. The van der Waals surface area contributed by atoms with Gasteiger partial charge in [0.25, 0.3) is 0 Å². The van der Waals surface area contributed by atoms with Gasteiger partial charge in [-0.15, -0.1) is 0 Å². The van der Waals surface area contributed by atoms with E-state index in [2.05, 4.69) is 15.3 Å². The van der Waals surface area contributed by atoms with Gasteiger partial charge in [0.2, 0.25) is 5.91 Å². The summed E-state index contributed by atoms with van der Waals surface area (Å²) in [6, 6.07) is 0. The van der Waals surface area contributed by atoms with E-state index in [9.17, 15) is 4.79 Å². The predicted octanol–water partition coefficient (Wildman–Crippen LogP) is 0.255. The lowest BCUT2D eigenvalue weighted by Gasteiger charge is -2.27. The Kier molecular flexibility index (Phi) is 1.84. The van der Waals surface area contributed by atoms with E-state index in [1.54, 1.807) is 6.20 Å². The fourth-order valence-electron chi connectivity index (χ4n) is 1.36. The topological polar surface area (TPSA) is 58.1 Å². The zero-order chi connectivity index (χ0) is 9.26. The van der Waals surface area contributed by atoms with Crippen molar-refractivity contribution < 1.29 is 4.79 Å². The molecule has 1 aliphatic heterocycles. The number of fused-ring (bicyclic) bond motifs is 1. The minimum atomic E-state index is -0.0203. The van der Waals surface area contributed by atoms with Crippen LogP contribution in [0.3, 0.4) is 0 Å². The Morgan fingerprint density at radius 2 is 2.54 bits per heavy atom. The predicted molar refractivity (Wildman–Crippen MR) is 48.5 cm³/mol. The SMILES string of the molecule is CCN1CC(=O)Nc2ncncc21. The third kappa shape index (κ3) is 1.32. The molecule has 1 amide bonds. The van der Waals surface area contributed by atoms with Crippen molar-refractivity contribution in [3.8, 4) is 0 Å². The van der Waals surface area contributed by atoms with Crippen molar-refractivity contribution in [2.45, 2.75) is 6.92 Å². The largest absolute Gasteiger partial charge is 0.358 e. The van der Waals surface area contributed by atoms with E-state index in [0.717, 1.165) is 12.2 Å². The van der Waals surface area contributed by atoms with Gasteiger partial charge in [0, 0.05) is 6.54 Å². The van der Waals surface area contributed by atoms with Crippen LogP contribution in [0, 0.1) is 0 Å². The Morgan fingerprint density at radius 3 is 3.31 bits per heavy atom. The van der Waals surface area contributed by atoms with Crippen LogP contribution in [0.1, 0.15) is 6.92 Å². The molecule has 0 bridgehead atoms. The second kappa shape index (κ2) is 3.01. The van der Waals surface area contributed by atoms with Crippen molar-refractivity contribution in [1.82, 2.24) is 9.97 Å². The van der Waals surface area contributed by atoms with Crippen LogP contribution in [-0.2, 0) is 4.79 Å². The van der Waals surface area contributed by atoms with Crippen LogP contribution in [0.4, 0.5) is 11.5 Å². The van der Waals surface area contributed by atoms with Gasteiger partial charge in [-0.2, -0.15) is 0 Å². The molecule has 0 fully saturated rings. The molecule has 1 N–H and O–H groups in total. The fourth-order valence-corrected chi connectivity index (χ4v) is 1.36. The number of likely N-dealkylation sites (N-methyl/N-ethyl adjacent to an activating group) is 1. The molecule has 0 aromatic carbocycles.